The molecule has 1 aromatic carbocycles. The van der Waals surface area contributed by atoms with Crippen molar-refractivity contribution in [2.24, 2.45) is 0 Å². The van der Waals surface area contributed by atoms with Crippen molar-refractivity contribution < 1.29 is 5.11 Å². The molecule has 1 N–H and O–H groups in total. The molecule has 0 aliphatic heterocycles. The standard InChI is InChI=1S/C14H22O.Sr.2H/c1-2-3-4-5-6-7-8-13-9-11-14(15)12-10-13;;;/h9-12,15H,2-8H2,1H3;;;. The zero-order valence-electron chi connectivity index (χ0n) is 9.71. The third kappa shape index (κ3) is 7.72. The van der Waals surface area contributed by atoms with Gasteiger partial charge in [0.05, 0.1) is 0 Å². The zero-order chi connectivity index (χ0) is 10.9. The van der Waals surface area contributed by atoms with Crippen LogP contribution < -0.4 is 0 Å². The summed E-state index contributed by atoms with van der Waals surface area (Å²) in [6.45, 7) is 2.25. The Labute approximate surface area is 137 Å². The summed E-state index contributed by atoms with van der Waals surface area (Å²) >= 11 is 0. The molecule has 0 atom stereocenters. The van der Waals surface area contributed by atoms with Crippen molar-refractivity contribution in [2.45, 2.75) is 51.9 Å². The molecule has 88 valence electrons. The topological polar surface area (TPSA) is 20.2 Å². The van der Waals surface area contributed by atoms with Crippen LogP contribution in [0.3, 0.4) is 0 Å². The van der Waals surface area contributed by atoms with Crippen LogP contribution in [0, 0.1) is 0 Å². The third-order valence-corrected chi connectivity index (χ3v) is 2.76. The molecule has 1 nitrogen and oxygen atoms in total. The molecule has 0 radical (unpaired) electrons. The van der Waals surface area contributed by atoms with Gasteiger partial charge in [-0.2, -0.15) is 0 Å². The summed E-state index contributed by atoms with van der Waals surface area (Å²) in [5.41, 5.74) is 1.34. The summed E-state index contributed by atoms with van der Waals surface area (Å²) < 4.78 is 0. The second-order valence-corrected chi connectivity index (χ2v) is 4.18. The molecule has 0 amide bonds. The van der Waals surface area contributed by atoms with Gasteiger partial charge >= 0.3 is 45.5 Å². The molecule has 0 aliphatic carbocycles. The van der Waals surface area contributed by atoms with Gasteiger partial charge in [0.1, 0.15) is 5.75 Å². The average Bonchev–Trinajstić information content (AvgIpc) is 2.26. The number of hydrogen-bond acceptors (Lipinski definition) is 1. The zero-order valence-corrected chi connectivity index (χ0v) is 9.71. The van der Waals surface area contributed by atoms with E-state index in [1.54, 1.807) is 12.1 Å². The Morgan fingerprint density at radius 3 is 2.06 bits per heavy atom. The van der Waals surface area contributed by atoms with Crippen molar-refractivity contribution in [2.75, 3.05) is 0 Å². The predicted molar refractivity (Wildman–Crippen MR) is 73.7 cm³/mol. The van der Waals surface area contributed by atoms with Gasteiger partial charge in [0, 0.05) is 0 Å². The summed E-state index contributed by atoms with van der Waals surface area (Å²) in [6.07, 6.45) is 9.19. The second kappa shape index (κ2) is 10.6. The first-order valence-corrected chi connectivity index (χ1v) is 6.11. The molecule has 0 aliphatic rings. The van der Waals surface area contributed by atoms with Gasteiger partial charge in [-0.3, -0.25) is 0 Å². The summed E-state index contributed by atoms with van der Waals surface area (Å²) in [5.74, 6) is 0.363. The molecule has 0 saturated heterocycles. The van der Waals surface area contributed by atoms with Crippen LogP contribution in [0.15, 0.2) is 24.3 Å². The van der Waals surface area contributed by atoms with Crippen LogP contribution in [-0.2, 0) is 6.42 Å². The van der Waals surface area contributed by atoms with Gasteiger partial charge in [-0.1, -0.05) is 51.2 Å². The van der Waals surface area contributed by atoms with Gasteiger partial charge < -0.3 is 5.11 Å². The molecule has 0 fully saturated rings. The molecule has 0 spiro atoms. The molecule has 2 heteroatoms. The summed E-state index contributed by atoms with van der Waals surface area (Å²) in [6, 6.07) is 7.57. The van der Waals surface area contributed by atoms with E-state index in [1.807, 2.05) is 12.1 Å². The Balaban J connectivity index is 0.00000225. The number of hydrogen-bond donors (Lipinski definition) is 1. The van der Waals surface area contributed by atoms with E-state index in [-0.39, 0.29) is 45.5 Å². The van der Waals surface area contributed by atoms with Crippen LogP contribution in [0.25, 0.3) is 0 Å². The van der Waals surface area contributed by atoms with Crippen LogP contribution >= 0.6 is 0 Å². The Kier molecular flexibility index (Phi) is 11.0. The molecule has 1 aromatic rings. The van der Waals surface area contributed by atoms with Gasteiger partial charge in [0.25, 0.3) is 0 Å². The number of benzene rings is 1. The van der Waals surface area contributed by atoms with Crippen molar-refractivity contribution in [1.29, 1.82) is 0 Å². The normalized spacial score (nSPS) is 9.81. The van der Waals surface area contributed by atoms with E-state index in [1.165, 1.54) is 44.1 Å². The maximum atomic E-state index is 9.13. The van der Waals surface area contributed by atoms with E-state index in [4.69, 9.17) is 5.11 Å². The van der Waals surface area contributed by atoms with Crippen molar-refractivity contribution in [3.05, 3.63) is 29.8 Å². The van der Waals surface area contributed by atoms with Gasteiger partial charge in [-0.15, -0.1) is 0 Å². The quantitative estimate of drug-likeness (QED) is 0.604. The van der Waals surface area contributed by atoms with E-state index in [9.17, 15) is 0 Å². The Bertz CT molecular complexity index is 256. The van der Waals surface area contributed by atoms with Crippen molar-refractivity contribution in [1.82, 2.24) is 0 Å². The fourth-order valence-corrected chi connectivity index (χ4v) is 1.77. The van der Waals surface area contributed by atoms with Crippen molar-refractivity contribution in [3.8, 4) is 5.75 Å². The molecule has 1 rings (SSSR count). The minimum absolute atomic E-state index is 0. The second-order valence-electron chi connectivity index (χ2n) is 4.18. The van der Waals surface area contributed by atoms with Gasteiger partial charge in [-0.25, -0.2) is 0 Å². The number of phenols is 1. The summed E-state index contributed by atoms with van der Waals surface area (Å²) in [7, 11) is 0. The predicted octanol–water partition coefficient (Wildman–Crippen LogP) is 3.38. The van der Waals surface area contributed by atoms with Gasteiger partial charge in [-0.05, 0) is 30.5 Å². The van der Waals surface area contributed by atoms with Crippen LogP contribution in [0.1, 0.15) is 51.0 Å². The number of aromatic hydroxyl groups is 1. The molecule has 0 saturated carbocycles. The van der Waals surface area contributed by atoms with E-state index in [2.05, 4.69) is 6.92 Å². The molecule has 16 heavy (non-hydrogen) atoms. The van der Waals surface area contributed by atoms with Crippen LogP contribution in [-0.4, -0.2) is 50.6 Å². The van der Waals surface area contributed by atoms with E-state index >= 15 is 0 Å². The van der Waals surface area contributed by atoms with Crippen LogP contribution in [0.2, 0.25) is 0 Å². The Morgan fingerprint density at radius 1 is 0.875 bits per heavy atom. The van der Waals surface area contributed by atoms with Crippen molar-refractivity contribution in [3.63, 3.8) is 0 Å². The summed E-state index contributed by atoms with van der Waals surface area (Å²) in [5, 5.41) is 9.13. The number of aryl methyl sites for hydroxylation is 1. The maximum absolute atomic E-state index is 9.13. The monoisotopic (exact) mass is 296 g/mol. The molecule has 0 heterocycles. The Hall–Kier alpha value is 0.501. The van der Waals surface area contributed by atoms with Crippen LogP contribution in [0.5, 0.6) is 5.75 Å². The van der Waals surface area contributed by atoms with E-state index in [0.717, 1.165) is 6.42 Å². The number of rotatable bonds is 7. The first kappa shape index (κ1) is 16.5. The molecule has 0 aromatic heterocycles. The van der Waals surface area contributed by atoms with Crippen LogP contribution in [0.4, 0.5) is 0 Å². The fraction of sp³-hybridized carbons (Fsp3) is 0.571. The molecular formula is C14H24OSr. The minimum atomic E-state index is 0. The number of unbranched alkanes of at least 4 members (excludes halogenated alkanes) is 5. The summed E-state index contributed by atoms with van der Waals surface area (Å²) in [4.78, 5) is 0. The number of phenolic OH excluding ortho intramolecular Hbond substituents is 1. The first-order chi connectivity index (χ1) is 7.33. The first-order valence-electron chi connectivity index (χ1n) is 6.11. The Morgan fingerprint density at radius 2 is 1.44 bits per heavy atom. The molecule has 0 bridgehead atoms. The van der Waals surface area contributed by atoms with Gasteiger partial charge in [0.2, 0.25) is 0 Å². The molecular weight excluding hydrogens is 272 g/mol. The van der Waals surface area contributed by atoms with Crippen molar-refractivity contribution >= 4 is 45.5 Å². The van der Waals surface area contributed by atoms with E-state index < -0.39 is 0 Å². The SMILES string of the molecule is CCCCCCCCc1ccc(O)cc1.[SrH2]. The fourth-order valence-electron chi connectivity index (χ4n) is 1.77. The molecule has 0 unspecified atom stereocenters. The average molecular weight is 296 g/mol. The third-order valence-electron chi connectivity index (χ3n) is 2.76. The van der Waals surface area contributed by atoms with E-state index in [0.29, 0.717) is 5.75 Å². The van der Waals surface area contributed by atoms with Gasteiger partial charge in [0.15, 0.2) is 0 Å².